The topological polar surface area (TPSA) is 92.5 Å². The maximum atomic E-state index is 5.98. The van der Waals surface area contributed by atoms with E-state index in [-0.39, 0.29) is 6.04 Å². The Kier molecular flexibility index (Phi) is 3.34. The van der Waals surface area contributed by atoms with Crippen LogP contribution in [-0.4, -0.2) is 19.3 Å². The second-order valence-corrected chi connectivity index (χ2v) is 5.13. The molecule has 0 aromatic carbocycles. The summed E-state index contributed by atoms with van der Waals surface area (Å²) in [5.74, 6) is 1.38. The van der Waals surface area contributed by atoms with Crippen LogP contribution in [0.2, 0.25) is 0 Å². The van der Waals surface area contributed by atoms with Gasteiger partial charge in [0, 0.05) is 30.4 Å². The molecule has 7 heteroatoms. The van der Waals surface area contributed by atoms with Gasteiger partial charge in [-0.1, -0.05) is 6.07 Å². The standard InChI is InChI=1S/C13H14N6S/c1-8(12-16-5-6-17-12)18-13-10(11(14)19-20-13)9-3-2-4-15-7-9/h2-8,18H,1H3,(H2,14,19)(H,16,17). The molecular formula is C13H14N6S. The summed E-state index contributed by atoms with van der Waals surface area (Å²) in [6.07, 6.45) is 7.05. The number of aromatic amines is 1. The Morgan fingerprint density at radius 3 is 3.00 bits per heavy atom. The monoisotopic (exact) mass is 286 g/mol. The molecule has 0 bridgehead atoms. The van der Waals surface area contributed by atoms with E-state index >= 15 is 0 Å². The van der Waals surface area contributed by atoms with Crippen LogP contribution < -0.4 is 11.1 Å². The van der Waals surface area contributed by atoms with Gasteiger partial charge in [0.2, 0.25) is 0 Å². The number of nitrogen functional groups attached to an aromatic ring is 1. The highest BCUT2D eigenvalue weighted by atomic mass is 32.1. The summed E-state index contributed by atoms with van der Waals surface area (Å²) >= 11 is 1.34. The number of H-pyrrole nitrogens is 1. The number of pyridine rings is 1. The van der Waals surface area contributed by atoms with Gasteiger partial charge in [-0.05, 0) is 24.5 Å². The fourth-order valence-electron chi connectivity index (χ4n) is 1.97. The Morgan fingerprint density at radius 2 is 2.30 bits per heavy atom. The molecule has 0 aliphatic rings. The maximum absolute atomic E-state index is 5.98. The normalized spacial score (nSPS) is 12.2. The van der Waals surface area contributed by atoms with Gasteiger partial charge in [-0.15, -0.1) is 0 Å². The van der Waals surface area contributed by atoms with Crippen LogP contribution in [0.5, 0.6) is 0 Å². The first-order valence-corrected chi connectivity index (χ1v) is 6.94. The van der Waals surface area contributed by atoms with Gasteiger partial charge in [-0.2, -0.15) is 4.37 Å². The Hall–Kier alpha value is -2.41. The lowest BCUT2D eigenvalue weighted by Crippen LogP contribution is -2.08. The van der Waals surface area contributed by atoms with Crippen molar-refractivity contribution in [1.29, 1.82) is 0 Å². The smallest absolute Gasteiger partial charge is 0.147 e. The number of hydrogen-bond acceptors (Lipinski definition) is 6. The van der Waals surface area contributed by atoms with Crippen molar-refractivity contribution in [3.05, 3.63) is 42.7 Å². The first kappa shape index (κ1) is 12.6. The van der Waals surface area contributed by atoms with E-state index in [9.17, 15) is 0 Å². The Bertz CT molecular complexity index is 676. The first-order chi connectivity index (χ1) is 9.75. The van der Waals surface area contributed by atoms with Crippen molar-refractivity contribution in [2.75, 3.05) is 11.1 Å². The molecule has 0 amide bonds. The number of nitrogens with zero attached hydrogens (tertiary/aromatic N) is 3. The van der Waals surface area contributed by atoms with Crippen molar-refractivity contribution in [3.8, 4) is 11.1 Å². The molecule has 3 aromatic heterocycles. The third-order valence-electron chi connectivity index (χ3n) is 2.95. The molecule has 0 saturated heterocycles. The van der Waals surface area contributed by atoms with Gasteiger partial charge in [0.05, 0.1) is 11.6 Å². The molecule has 3 rings (SSSR count). The third-order valence-corrected chi connectivity index (χ3v) is 3.74. The summed E-state index contributed by atoms with van der Waals surface area (Å²) in [4.78, 5) is 11.5. The summed E-state index contributed by atoms with van der Waals surface area (Å²) in [5, 5.41) is 4.30. The molecule has 0 saturated carbocycles. The summed E-state index contributed by atoms with van der Waals surface area (Å²) in [5.41, 5.74) is 7.82. The molecule has 0 aliphatic heterocycles. The highest BCUT2D eigenvalue weighted by molar-refractivity contribution is 7.11. The number of imidazole rings is 1. The Balaban J connectivity index is 1.92. The van der Waals surface area contributed by atoms with Crippen molar-refractivity contribution in [2.24, 2.45) is 0 Å². The molecule has 1 atom stereocenters. The lowest BCUT2D eigenvalue weighted by molar-refractivity contribution is 0.813. The van der Waals surface area contributed by atoms with Crippen LogP contribution in [0.3, 0.4) is 0 Å². The van der Waals surface area contributed by atoms with Crippen LogP contribution in [0.1, 0.15) is 18.8 Å². The minimum atomic E-state index is 0.0419. The second kappa shape index (κ2) is 5.30. The van der Waals surface area contributed by atoms with Gasteiger partial charge in [0.25, 0.3) is 0 Å². The molecule has 6 nitrogen and oxygen atoms in total. The zero-order chi connectivity index (χ0) is 13.9. The zero-order valence-corrected chi connectivity index (χ0v) is 11.7. The Morgan fingerprint density at radius 1 is 1.40 bits per heavy atom. The van der Waals surface area contributed by atoms with Crippen molar-refractivity contribution >= 4 is 22.4 Å². The third kappa shape index (κ3) is 2.35. The first-order valence-electron chi connectivity index (χ1n) is 6.17. The average Bonchev–Trinajstić information content (AvgIpc) is 3.10. The minimum Gasteiger partial charge on any atom is -0.382 e. The van der Waals surface area contributed by atoms with E-state index in [0.29, 0.717) is 5.82 Å². The van der Waals surface area contributed by atoms with E-state index in [1.165, 1.54) is 11.5 Å². The van der Waals surface area contributed by atoms with Gasteiger partial charge >= 0.3 is 0 Å². The van der Waals surface area contributed by atoms with Crippen LogP contribution in [0, 0.1) is 0 Å². The largest absolute Gasteiger partial charge is 0.382 e. The second-order valence-electron chi connectivity index (χ2n) is 4.35. The van der Waals surface area contributed by atoms with Crippen molar-refractivity contribution in [2.45, 2.75) is 13.0 Å². The summed E-state index contributed by atoms with van der Waals surface area (Å²) < 4.78 is 4.23. The molecule has 1 unspecified atom stereocenters. The van der Waals surface area contributed by atoms with Crippen LogP contribution in [0.25, 0.3) is 11.1 Å². The molecule has 3 heterocycles. The molecule has 4 N–H and O–H groups in total. The number of aromatic nitrogens is 4. The quantitative estimate of drug-likeness (QED) is 0.685. The summed E-state index contributed by atoms with van der Waals surface area (Å²) in [6.45, 7) is 2.03. The maximum Gasteiger partial charge on any atom is 0.147 e. The minimum absolute atomic E-state index is 0.0419. The Labute approximate surface area is 120 Å². The molecule has 0 radical (unpaired) electrons. The van der Waals surface area contributed by atoms with E-state index in [1.54, 1.807) is 24.8 Å². The highest BCUT2D eigenvalue weighted by Crippen LogP contribution is 2.37. The number of hydrogen-bond donors (Lipinski definition) is 3. The molecule has 0 fully saturated rings. The van der Waals surface area contributed by atoms with Crippen LogP contribution in [-0.2, 0) is 0 Å². The number of nitrogens with two attached hydrogens (primary N) is 1. The summed E-state index contributed by atoms with van der Waals surface area (Å²) in [7, 11) is 0. The molecule has 3 aromatic rings. The lowest BCUT2D eigenvalue weighted by Gasteiger charge is -2.12. The fraction of sp³-hybridized carbons (Fsp3) is 0.154. The van der Waals surface area contributed by atoms with Crippen LogP contribution in [0.15, 0.2) is 36.9 Å². The molecular weight excluding hydrogens is 272 g/mol. The van der Waals surface area contributed by atoms with E-state index in [1.807, 2.05) is 19.1 Å². The van der Waals surface area contributed by atoms with Gasteiger partial charge in [-0.25, -0.2) is 4.98 Å². The van der Waals surface area contributed by atoms with Gasteiger partial charge < -0.3 is 16.0 Å². The number of anilines is 2. The molecule has 0 spiro atoms. The van der Waals surface area contributed by atoms with E-state index in [4.69, 9.17) is 5.73 Å². The predicted octanol–water partition coefficient (Wildman–Crippen LogP) is 2.68. The SMILES string of the molecule is CC(Nc1snc(N)c1-c1cccnc1)c1ncc[nH]1. The number of rotatable bonds is 4. The van der Waals surface area contributed by atoms with Crippen molar-refractivity contribution in [1.82, 2.24) is 19.3 Å². The predicted molar refractivity (Wildman–Crippen MR) is 80.4 cm³/mol. The molecule has 0 aliphatic carbocycles. The van der Waals surface area contributed by atoms with E-state index < -0.39 is 0 Å². The average molecular weight is 286 g/mol. The zero-order valence-electron chi connectivity index (χ0n) is 10.9. The van der Waals surface area contributed by atoms with E-state index in [2.05, 4.69) is 24.6 Å². The van der Waals surface area contributed by atoms with Crippen molar-refractivity contribution in [3.63, 3.8) is 0 Å². The van der Waals surface area contributed by atoms with Gasteiger partial charge in [-0.3, -0.25) is 4.98 Å². The van der Waals surface area contributed by atoms with Crippen LogP contribution >= 0.6 is 11.5 Å². The fourth-order valence-corrected chi connectivity index (χ4v) is 2.79. The molecule has 102 valence electrons. The lowest BCUT2D eigenvalue weighted by atomic mass is 10.1. The van der Waals surface area contributed by atoms with Crippen LogP contribution in [0.4, 0.5) is 10.8 Å². The van der Waals surface area contributed by atoms with Gasteiger partial charge in [0.15, 0.2) is 0 Å². The number of nitrogens with one attached hydrogen (secondary N) is 2. The molecule has 20 heavy (non-hydrogen) atoms. The van der Waals surface area contributed by atoms with E-state index in [0.717, 1.165) is 22.0 Å². The summed E-state index contributed by atoms with van der Waals surface area (Å²) in [6, 6.07) is 3.89. The highest BCUT2D eigenvalue weighted by Gasteiger charge is 2.17. The van der Waals surface area contributed by atoms with Gasteiger partial charge in [0.1, 0.15) is 16.6 Å². The van der Waals surface area contributed by atoms with Crippen molar-refractivity contribution < 1.29 is 0 Å².